The first kappa shape index (κ1) is 32.0. The van der Waals surface area contributed by atoms with E-state index in [4.69, 9.17) is 22.5 Å². The van der Waals surface area contributed by atoms with Crippen molar-refractivity contribution in [3.05, 3.63) is 83.9 Å². The zero-order valence-corrected chi connectivity index (χ0v) is 23.7. The average Bonchev–Trinajstić information content (AvgIpc) is 3.28. The van der Waals surface area contributed by atoms with Crippen LogP contribution >= 0.6 is 0 Å². The molecule has 1 fully saturated rings. The van der Waals surface area contributed by atoms with Gasteiger partial charge in [0.25, 0.3) is 11.8 Å². The Kier molecular flexibility index (Phi) is 9.30. The topological polar surface area (TPSA) is 151 Å². The molecule has 3 aromatic carbocycles. The highest BCUT2D eigenvalue weighted by molar-refractivity contribution is 7.86. The first-order valence-corrected chi connectivity index (χ1v) is 14.3. The lowest BCUT2D eigenvalue weighted by atomic mass is 10.0. The quantitative estimate of drug-likeness (QED) is 0.0590. The van der Waals surface area contributed by atoms with Crippen molar-refractivity contribution in [3.63, 3.8) is 0 Å². The number of carbonyl (C=O) groups excluding carboxylic acids is 4. The number of nitrogens with zero attached hydrogens (tertiary/aromatic N) is 2. The van der Waals surface area contributed by atoms with Crippen LogP contribution in [0.3, 0.4) is 0 Å². The highest BCUT2D eigenvalue weighted by Gasteiger charge is 2.37. The van der Waals surface area contributed by atoms with Crippen molar-refractivity contribution < 1.29 is 59.5 Å². The van der Waals surface area contributed by atoms with E-state index < -0.39 is 39.4 Å². The van der Waals surface area contributed by atoms with Gasteiger partial charge in [-0.2, -0.15) is 17.7 Å². The number of halogens is 3. The Balaban J connectivity index is 0.000000488. The van der Waals surface area contributed by atoms with Gasteiger partial charge in [-0.3, -0.25) is 9.59 Å². The molecule has 0 aliphatic carbocycles. The third-order valence-electron chi connectivity index (χ3n) is 6.51. The second kappa shape index (κ2) is 12.8. The lowest BCUT2D eigenvalue weighted by Gasteiger charge is -2.12. The Morgan fingerprint density at radius 1 is 0.886 bits per heavy atom. The van der Waals surface area contributed by atoms with Gasteiger partial charge in [0.05, 0.1) is 22.8 Å². The van der Waals surface area contributed by atoms with Crippen LogP contribution in [0.1, 0.15) is 35.2 Å². The number of alkyl halides is 3. The maximum Gasteiger partial charge on any atom is 0.485 e. The van der Waals surface area contributed by atoms with Crippen LogP contribution in [-0.2, 0) is 42.8 Å². The number of aryl methyl sites for hydroxylation is 2. The van der Waals surface area contributed by atoms with Crippen molar-refractivity contribution in [1.29, 1.82) is 0 Å². The molecule has 0 spiro atoms. The van der Waals surface area contributed by atoms with Crippen molar-refractivity contribution >= 4 is 55.7 Å². The molecule has 0 radical (unpaired) electrons. The summed E-state index contributed by atoms with van der Waals surface area (Å²) >= 11 is 0. The van der Waals surface area contributed by atoms with Gasteiger partial charge in [0.15, 0.2) is 10.1 Å². The Bertz CT molecular complexity index is 1800. The smallest absolute Gasteiger partial charge is 0.485 e. The van der Waals surface area contributed by atoms with E-state index in [1.54, 1.807) is 24.3 Å². The van der Waals surface area contributed by atoms with Crippen LogP contribution in [0.4, 0.5) is 13.2 Å². The van der Waals surface area contributed by atoms with E-state index in [-0.39, 0.29) is 19.3 Å². The molecule has 0 unspecified atom stereocenters. The summed E-state index contributed by atoms with van der Waals surface area (Å²) in [5, 5.41) is 2.14. The molecule has 2 amide bonds. The zero-order chi connectivity index (χ0) is 32.2. The van der Waals surface area contributed by atoms with Gasteiger partial charge < -0.3 is 14.1 Å². The number of imide groups is 1. The number of benzene rings is 3. The molecule has 230 valence electrons. The molecule has 1 aliphatic heterocycles. The zero-order valence-electron chi connectivity index (χ0n) is 22.9. The fourth-order valence-corrected chi connectivity index (χ4v) is 4.38. The molecule has 1 aromatic heterocycles. The minimum Gasteiger partial charge on any atom is -0.741 e. The second-order valence-corrected chi connectivity index (χ2v) is 10.8. The summed E-state index contributed by atoms with van der Waals surface area (Å²) < 4.78 is 66.7. The molecular formula is C29H23F3N2O9S. The van der Waals surface area contributed by atoms with Crippen molar-refractivity contribution in [2.45, 2.75) is 31.2 Å². The van der Waals surface area contributed by atoms with E-state index in [0.717, 1.165) is 27.4 Å². The Morgan fingerprint density at radius 3 is 1.84 bits per heavy atom. The van der Waals surface area contributed by atoms with Crippen LogP contribution in [0, 0.1) is 0 Å². The number of fused-ring (bicyclic) bond motifs is 2. The van der Waals surface area contributed by atoms with Crippen LogP contribution in [-0.4, -0.2) is 47.3 Å². The van der Waals surface area contributed by atoms with Gasteiger partial charge in [0.1, 0.15) is 12.8 Å². The summed E-state index contributed by atoms with van der Waals surface area (Å²) in [7, 11) is -4.12. The molecule has 0 bridgehead atoms. The van der Waals surface area contributed by atoms with Gasteiger partial charge in [-0.05, 0) is 36.2 Å². The third-order valence-corrected chi connectivity index (χ3v) is 7.07. The number of amides is 2. The average molecular weight is 633 g/mol. The third kappa shape index (κ3) is 7.18. The maximum atomic E-state index is 13.3. The molecule has 1 aliphatic rings. The lowest BCUT2D eigenvalue weighted by molar-refractivity contribution is -0.617. The van der Waals surface area contributed by atoms with Crippen LogP contribution in [0.25, 0.3) is 21.8 Å². The fraction of sp³-hybridized carbons (Fsp3) is 0.207. The van der Waals surface area contributed by atoms with Gasteiger partial charge in [-0.15, -0.1) is 5.06 Å². The Hall–Kier alpha value is -4.89. The first-order valence-electron chi connectivity index (χ1n) is 12.9. The monoisotopic (exact) mass is 632 g/mol. The molecular weight excluding hydrogens is 609 g/mol. The molecule has 0 N–H and O–H groups in total. The molecule has 11 nitrogen and oxygen atoms in total. The van der Waals surface area contributed by atoms with Gasteiger partial charge in [0, 0.05) is 25.0 Å². The number of rotatable bonds is 6. The van der Waals surface area contributed by atoms with Gasteiger partial charge >= 0.3 is 17.4 Å². The van der Waals surface area contributed by atoms with Crippen LogP contribution in [0.15, 0.2) is 72.8 Å². The minimum absolute atomic E-state index is 0.00476. The van der Waals surface area contributed by atoms with Crippen LogP contribution in [0.2, 0.25) is 0 Å². The Labute approximate surface area is 248 Å². The number of esters is 1. The highest BCUT2D eigenvalue weighted by atomic mass is 32.2. The van der Waals surface area contributed by atoms with Crippen LogP contribution in [0.5, 0.6) is 5.75 Å². The van der Waals surface area contributed by atoms with E-state index in [2.05, 4.69) is 4.57 Å². The molecule has 44 heavy (non-hydrogen) atoms. The van der Waals surface area contributed by atoms with Gasteiger partial charge in [-0.1, -0.05) is 36.4 Å². The predicted octanol–water partition coefficient (Wildman–Crippen LogP) is 3.63. The normalized spacial score (nSPS) is 13.5. The Morgan fingerprint density at radius 2 is 1.36 bits per heavy atom. The number of pyridine rings is 1. The molecule has 0 saturated carbocycles. The highest BCUT2D eigenvalue weighted by Crippen LogP contribution is 2.26. The standard InChI is InChI=1S/C28H23N2O6.CHF3O3S/c1-29-22-8-4-2-6-20(22)27(21-7-3-5-9-23(21)29)28(34)35-19-13-10-18(11-14-19)12-17-26(33)36-30-24(31)15-16-25(30)32;2-1(3,4)8(5,6)7/h2-11,13-14H,12,15-17H2,1H3;(H,5,6,7)/q+1;/p-1. The molecule has 15 heteroatoms. The summed E-state index contributed by atoms with van der Waals surface area (Å²) in [6.07, 6.45) is 0.446. The van der Waals surface area contributed by atoms with E-state index in [9.17, 15) is 32.3 Å². The van der Waals surface area contributed by atoms with E-state index >= 15 is 0 Å². The number of ether oxygens (including phenoxy) is 1. The number of aromatic nitrogens is 1. The second-order valence-electron chi connectivity index (χ2n) is 9.45. The van der Waals surface area contributed by atoms with E-state index in [0.29, 0.717) is 22.8 Å². The van der Waals surface area contributed by atoms with Crippen molar-refractivity contribution in [2.24, 2.45) is 7.05 Å². The van der Waals surface area contributed by atoms with Crippen molar-refractivity contribution in [2.75, 3.05) is 0 Å². The van der Waals surface area contributed by atoms with Crippen molar-refractivity contribution in [3.8, 4) is 5.75 Å². The molecule has 1 saturated heterocycles. The predicted molar refractivity (Wildman–Crippen MR) is 145 cm³/mol. The number of hydroxylamine groups is 2. The number of hydrogen-bond donors (Lipinski definition) is 0. The van der Waals surface area contributed by atoms with Gasteiger partial charge in [0.2, 0.25) is 11.0 Å². The molecule has 2 heterocycles. The molecule has 5 rings (SSSR count). The summed E-state index contributed by atoms with van der Waals surface area (Å²) in [5.41, 5.74) is -2.50. The summed E-state index contributed by atoms with van der Waals surface area (Å²) in [5.74, 6) is -1.76. The van der Waals surface area contributed by atoms with E-state index in [1.165, 1.54) is 0 Å². The molecule has 0 atom stereocenters. The van der Waals surface area contributed by atoms with Gasteiger partial charge in [-0.25, -0.2) is 18.0 Å². The summed E-state index contributed by atoms with van der Waals surface area (Å²) in [4.78, 5) is 53.4. The summed E-state index contributed by atoms with van der Waals surface area (Å²) in [6, 6.07) is 22.2. The molecule has 4 aromatic rings. The fourth-order valence-electron chi connectivity index (χ4n) is 4.38. The van der Waals surface area contributed by atoms with E-state index in [1.807, 2.05) is 55.6 Å². The SMILES string of the molecule is C[n+]1c2ccccc2c(C(=O)Oc2ccc(CCC(=O)ON3C(=O)CCC3=O)cc2)c2ccccc21.O=S(=O)([O-])C(F)(F)F. The maximum absolute atomic E-state index is 13.3. The summed E-state index contributed by atoms with van der Waals surface area (Å²) in [6.45, 7) is 0. The lowest BCUT2D eigenvalue weighted by Crippen LogP contribution is -2.32. The number of para-hydroxylation sites is 2. The largest absolute Gasteiger partial charge is 0.741 e. The number of carbonyl (C=O) groups is 4. The van der Waals surface area contributed by atoms with Crippen LogP contribution < -0.4 is 9.30 Å². The minimum atomic E-state index is -6.09. The van der Waals surface area contributed by atoms with Crippen molar-refractivity contribution in [1.82, 2.24) is 5.06 Å². The number of hydrogen-bond acceptors (Lipinski definition) is 9. The first-order chi connectivity index (χ1) is 20.7.